The second kappa shape index (κ2) is 7.92. The molecule has 0 saturated carbocycles. The highest BCUT2D eigenvalue weighted by Gasteiger charge is 2.43. The van der Waals surface area contributed by atoms with Crippen LogP contribution in [0.3, 0.4) is 0 Å². The van der Waals surface area contributed by atoms with Crippen molar-refractivity contribution in [1.29, 1.82) is 0 Å². The molecule has 0 radical (unpaired) electrons. The molecule has 162 valence electrons. The van der Waals surface area contributed by atoms with Crippen LogP contribution >= 0.6 is 0 Å². The van der Waals surface area contributed by atoms with Gasteiger partial charge in [-0.1, -0.05) is 11.1 Å². The van der Waals surface area contributed by atoms with Gasteiger partial charge in [0.05, 0.1) is 24.1 Å². The molecule has 0 aromatic carbocycles. The number of nitrogens with zero attached hydrogens (tertiary/aromatic N) is 4. The number of fused-ring (bicyclic) bond motifs is 2. The molecule has 3 N–H and O–H groups in total. The number of aliphatic carboxylic acids is 1. The number of hydrogen-bond acceptors (Lipinski definition) is 7. The van der Waals surface area contributed by atoms with Crippen LogP contribution in [-0.4, -0.2) is 93.8 Å². The number of carbonyl (C=O) groups is 3. The third kappa shape index (κ3) is 3.77. The third-order valence-electron chi connectivity index (χ3n) is 6.66. The van der Waals surface area contributed by atoms with E-state index in [4.69, 9.17) is 0 Å². The Bertz CT molecular complexity index is 879. The molecule has 1 saturated heterocycles. The van der Waals surface area contributed by atoms with Gasteiger partial charge in [-0.15, -0.1) is 0 Å². The fourth-order valence-electron chi connectivity index (χ4n) is 4.75. The molecule has 0 bridgehead atoms. The lowest BCUT2D eigenvalue weighted by atomic mass is 9.83. The molecule has 30 heavy (non-hydrogen) atoms. The number of likely N-dealkylation sites (tertiary alicyclic amines) is 1. The summed E-state index contributed by atoms with van der Waals surface area (Å²) in [6.45, 7) is 6.07. The fraction of sp³-hybridized carbons (Fsp3) is 0.650. The second-order valence-corrected chi connectivity index (χ2v) is 8.57. The van der Waals surface area contributed by atoms with Crippen molar-refractivity contribution in [3.05, 3.63) is 11.1 Å². The number of amides is 3. The Kier molecular flexibility index (Phi) is 5.46. The zero-order chi connectivity index (χ0) is 21.6. The maximum atomic E-state index is 12.4. The molecule has 0 spiro atoms. The van der Waals surface area contributed by atoms with Crippen LogP contribution in [0.15, 0.2) is 21.1 Å². The minimum atomic E-state index is -0.998. The first-order chi connectivity index (χ1) is 14.2. The molecule has 4 unspecified atom stereocenters. The van der Waals surface area contributed by atoms with Gasteiger partial charge >= 0.3 is 12.0 Å². The van der Waals surface area contributed by atoms with Crippen molar-refractivity contribution in [3.63, 3.8) is 0 Å². The Morgan fingerprint density at radius 2 is 1.93 bits per heavy atom. The lowest BCUT2D eigenvalue weighted by Crippen LogP contribution is -2.61. The Hall–Kier alpha value is -2.59. The van der Waals surface area contributed by atoms with Gasteiger partial charge in [0.15, 0.2) is 11.5 Å². The van der Waals surface area contributed by atoms with E-state index in [-0.39, 0.29) is 24.3 Å². The van der Waals surface area contributed by atoms with Crippen LogP contribution in [0.4, 0.5) is 4.79 Å². The largest absolute Gasteiger partial charge is 0.481 e. The number of hydrogen-bond donors (Lipinski definition) is 3. The van der Waals surface area contributed by atoms with E-state index in [1.165, 1.54) is 11.1 Å². The topological polar surface area (TPSA) is 135 Å². The molecular weight excluding hydrogens is 390 g/mol. The molecule has 3 amide bonds. The molecule has 4 aliphatic rings. The van der Waals surface area contributed by atoms with E-state index in [1.807, 2.05) is 9.80 Å². The number of carboxylic acid groups (broad SMARTS) is 1. The van der Waals surface area contributed by atoms with Crippen LogP contribution in [0.25, 0.3) is 0 Å². The maximum Gasteiger partial charge on any atom is 0.349 e. The monoisotopic (exact) mass is 417 g/mol. The number of carboxylic acids is 1. The lowest BCUT2D eigenvalue weighted by Gasteiger charge is -2.45. The van der Waals surface area contributed by atoms with Gasteiger partial charge in [0, 0.05) is 26.2 Å². The predicted molar refractivity (Wildman–Crippen MR) is 108 cm³/mol. The molecule has 10 nitrogen and oxygen atoms in total. The van der Waals surface area contributed by atoms with Crippen LogP contribution in [0.2, 0.25) is 0 Å². The minimum absolute atomic E-state index is 0.000511. The van der Waals surface area contributed by atoms with Crippen LogP contribution in [0.5, 0.6) is 0 Å². The van der Waals surface area contributed by atoms with E-state index < -0.39 is 29.9 Å². The molecule has 4 atom stereocenters. The number of aliphatic hydroxyl groups excluding tert-OH is 1. The summed E-state index contributed by atoms with van der Waals surface area (Å²) >= 11 is 0. The SMILES string of the molecule is CC1=C(C)CC2C(C1)N=C1C(=O)NC(=O)N=C1N2CCN1CCC(O)C(C(=O)O)C1. The molecule has 1 fully saturated rings. The molecule has 3 heterocycles. The van der Waals surface area contributed by atoms with E-state index in [0.717, 1.165) is 12.8 Å². The molecular formula is C20H27N5O5. The number of imide groups is 1. The number of aliphatic hydroxyl groups is 1. The van der Waals surface area contributed by atoms with Crippen LogP contribution < -0.4 is 5.32 Å². The van der Waals surface area contributed by atoms with E-state index in [2.05, 4.69) is 29.1 Å². The van der Waals surface area contributed by atoms with Crippen molar-refractivity contribution in [2.45, 2.75) is 51.3 Å². The molecule has 1 aliphatic carbocycles. The van der Waals surface area contributed by atoms with Crippen molar-refractivity contribution in [2.75, 3.05) is 26.2 Å². The van der Waals surface area contributed by atoms with Crippen LogP contribution in [0, 0.1) is 5.92 Å². The van der Waals surface area contributed by atoms with Crippen molar-refractivity contribution in [1.82, 2.24) is 15.1 Å². The molecule has 10 heteroatoms. The maximum absolute atomic E-state index is 12.4. The highest BCUT2D eigenvalue weighted by atomic mass is 16.4. The minimum Gasteiger partial charge on any atom is -0.481 e. The molecule has 0 aromatic heterocycles. The van der Waals surface area contributed by atoms with Gasteiger partial charge in [-0.25, -0.2) is 4.79 Å². The number of carbonyl (C=O) groups excluding carboxylic acids is 2. The summed E-state index contributed by atoms with van der Waals surface area (Å²) in [6.07, 6.45) is 1.09. The predicted octanol–water partition coefficient (Wildman–Crippen LogP) is 0.0261. The summed E-state index contributed by atoms with van der Waals surface area (Å²) < 4.78 is 0. The van der Waals surface area contributed by atoms with Crippen molar-refractivity contribution >= 4 is 29.5 Å². The molecule has 4 rings (SSSR count). The van der Waals surface area contributed by atoms with Crippen LogP contribution in [-0.2, 0) is 9.59 Å². The Labute approximate surface area is 174 Å². The zero-order valence-corrected chi connectivity index (χ0v) is 17.2. The first-order valence-electron chi connectivity index (χ1n) is 10.3. The lowest BCUT2D eigenvalue weighted by molar-refractivity contribution is -0.148. The fourth-order valence-corrected chi connectivity index (χ4v) is 4.75. The summed E-state index contributed by atoms with van der Waals surface area (Å²) in [5, 5.41) is 21.5. The Morgan fingerprint density at radius 1 is 1.20 bits per heavy atom. The first kappa shape index (κ1) is 20.7. The highest BCUT2D eigenvalue weighted by molar-refractivity contribution is 6.69. The second-order valence-electron chi connectivity index (χ2n) is 8.57. The summed E-state index contributed by atoms with van der Waals surface area (Å²) in [5.41, 5.74) is 2.74. The van der Waals surface area contributed by atoms with Gasteiger partial charge in [-0.05, 0) is 33.1 Å². The highest BCUT2D eigenvalue weighted by Crippen LogP contribution is 2.33. The smallest absolute Gasteiger partial charge is 0.349 e. The van der Waals surface area contributed by atoms with E-state index >= 15 is 0 Å². The van der Waals surface area contributed by atoms with Gasteiger partial charge < -0.3 is 20.0 Å². The number of amidine groups is 1. The number of urea groups is 1. The van der Waals surface area contributed by atoms with Crippen LogP contribution in [0.1, 0.15) is 33.1 Å². The Balaban J connectivity index is 1.57. The number of rotatable bonds is 4. The average molecular weight is 417 g/mol. The Morgan fingerprint density at radius 3 is 2.67 bits per heavy atom. The zero-order valence-electron chi connectivity index (χ0n) is 17.2. The average Bonchev–Trinajstić information content (AvgIpc) is 2.68. The van der Waals surface area contributed by atoms with Gasteiger partial charge in [0.2, 0.25) is 0 Å². The number of piperidine rings is 1. The summed E-state index contributed by atoms with van der Waals surface area (Å²) in [7, 11) is 0. The van der Waals surface area contributed by atoms with Gasteiger partial charge in [0.25, 0.3) is 5.91 Å². The third-order valence-corrected chi connectivity index (χ3v) is 6.66. The summed E-state index contributed by atoms with van der Waals surface area (Å²) in [4.78, 5) is 48.4. The van der Waals surface area contributed by atoms with E-state index in [1.54, 1.807) is 0 Å². The van der Waals surface area contributed by atoms with Gasteiger partial charge in [-0.2, -0.15) is 4.99 Å². The first-order valence-corrected chi connectivity index (χ1v) is 10.3. The number of nitrogens with one attached hydrogen (secondary N) is 1. The van der Waals surface area contributed by atoms with Gasteiger partial charge in [0.1, 0.15) is 0 Å². The summed E-state index contributed by atoms with van der Waals surface area (Å²) in [5.74, 6) is -2.03. The summed E-state index contributed by atoms with van der Waals surface area (Å²) in [6, 6.07) is -0.777. The number of aliphatic imine (C=N–C) groups is 2. The standard InChI is InChI=1S/C20H27N5O5/c1-10-7-13-14(8-11(10)2)25(17-16(21-13)18(27)23-20(30)22-17)6-5-24-4-3-15(26)12(9-24)19(28)29/h12-15,26H,3-9H2,1-2H3,(H,28,29)(H,23,27,30). The van der Waals surface area contributed by atoms with E-state index in [9.17, 15) is 24.6 Å². The molecule has 3 aliphatic heterocycles. The van der Waals surface area contributed by atoms with Crippen molar-refractivity contribution in [3.8, 4) is 0 Å². The van der Waals surface area contributed by atoms with E-state index in [0.29, 0.717) is 31.9 Å². The van der Waals surface area contributed by atoms with Crippen molar-refractivity contribution in [2.24, 2.45) is 15.9 Å². The van der Waals surface area contributed by atoms with Gasteiger partial charge in [-0.3, -0.25) is 19.9 Å². The van der Waals surface area contributed by atoms with Crippen molar-refractivity contribution < 1.29 is 24.6 Å². The molecule has 0 aromatic rings. The quantitative estimate of drug-likeness (QED) is 0.549. The normalized spacial score (nSPS) is 32.2.